The van der Waals surface area contributed by atoms with E-state index in [0.29, 0.717) is 33.5 Å². The van der Waals surface area contributed by atoms with Gasteiger partial charge < -0.3 is 5.11 Å². The molecule has 0 saturated carbocycles. The summed E-state index contributed by atoms with van der Waals surface area (Å²) in [6.45, 7) is 15.6. The van der Waals surface area contributed by atoms with Crippen LogP contribution in [0.25, 0.3) is 72.7 Å². The minimum Gasteiger partial charge on any atom is -0.507 e. The number of para-hydroxylation sites is 1. The molecule has 0 amide bonds. The fourth-order valence-corrected chi connectivity index (χ4v) is 8.52. The average Bonchev–Trinajstić information content (AvgIpc) is 0.785. The minimum atomic E-state index is -3.92. The summed E-state index contributed by atoms with van der Waals surface area (Å²) in [5.74, 6) is 0.622. The van der Waals surface area contributed by atoms with E-state index >= 15 is 0 Å². The summed E-state index contributed by atoms with van der Waals surface area (Å²) >= 11 is 0. The van der Waals surface area contributed by atoms with Crippen molar-refractivity contribution in [2.75, 3.05) is 0 Å². The molecule has 8 rings (SSSR count). The molecule has 68 heavy (non-hydrogen) atoms. The summed E-state index contributed by atoms with van der Waals surface area (Å²) in [6, 6.07) is 24.2. The molecule has 8 aromatic rings. The summed E-state index contributed by atoms with van der Waals surface area (Å²) < 4.78 is 141. The van der Waals surface area contributed by atoms with Crippen LogP contribution in [0.15, 0.2) is 133 Å². The Labute approximate surface area is 430 Å². The van der Waals surface area contributed by atoms with Gasteiger partial charge in [0.05, 0.1) is 37.6 Å². The number of nitrogens with zero attached hydrogens (tertiary/aromatic N) is 3. The number of aromatic nitrogens is 3. The van der Waals surface area contributed by atoms with Gasteiger partial charge in [-0.2, -0.15) is 0 Å². The molecule has 0 aliphatic carbocycles. The molecular weight excluding hydrogens is 827 g/mol. The lowest BCUT2D eigenvalue weighted by molar-refractivity contribution is 0.466. The number of pyridine rings is 1. The normalized spacial score (nSPS) is 16.7. The number of fused-ring (bicyclic) bond motifs is 1. The van der Waals surface area contributed by atoms with E-state index < -0.39 is 90.5 Å². The molecule has 0 aliphatic rings. The number of phenols is 1. The molecule has 0 spiro atoms. The van der Waals surface area contributed by atoms with E-state index in [1.807, 2.05) is 65.0 Å². The van der Waals surface area contributed by atoms with Gasteiger partial charge in [0, 0.05) is 35.2 Å². The lowest BCUT2D eigenvalue weighted by atomic mass is 9.83. The van der Waals surface area contributed by atoms with Crippen molar-refractivity contribution in [2.24, 2.45) is 0 Å². The second-order valence-electron chi connectivity index (χ2n) is 21.8. The molecule has 350 valence electrons. The van der Waals surface area contributed by atoms with Gasteiger partial charge in [-0.1, -0.05) is 189 Å². The van der Waals surface area contributed by atoms with Crippen LogP contribution in [0.3, 0.4) is 0 Å². The minimum absolute atomic E-state index is 0.0478. The van der Waals surface area contributed by atoms with Gasteiger partial charge in [-0.25, -0.2) is 4.98 Å². The maximum absolute atomic E-state index is 12.5. The highest BCUT2D eigenvalue weighted by Crippen LogP contribution is 2.45. The van der Waals surface area contributed by atoms with Crippen LogP contribution in [0.5, 0.6) is 5.75 Å². The molecule has 4 heteroatoms. The third kappa shape index (κ3) is 9.57. The first-order valence-electron chi connectivity index (χ1n) is 31.4. The zero-order chi connectivity index (χ0) is 62.8. The summed E-state index contributed by atoms with van der Waals surface area (Å²) in [5.41, 5.74) is 3.03. The molecule has 2 heterocycles. The van der Waals surface area contributed by atoms with Crippen LogP contribution in [-0.4, -0.2) is 19.6 Å². The van der Waals surface area contributed by atoms with E-state index in [1.165, 1.54) is 5.56 Å². The molecule has 6 aromatic carbocycles. The predicted octanol–water partition coefficient (Wildman–Crippen LogP) is 17.9. The SMILES string of the molecule is [2H]c1nc(-c2cc(-c3cccc4c3nc(-c3cc(C(C)C)cc(C(C)C)c3O)n4-c3ccc(C(C)(C)C)cc3-c3ccc(C(C)(C)C)cc3)cc(C(C)(C)C)c2)c([2H])c(-c2c([2H])c([2H])c(C(C([2H])([2H])[2H])(C([2H])([2H])[2H])C([2H])([2H])[2H])c([2H])c2[2H])c1[2H]. The van der Waals surface area contributed by atoms with Gasteiger partial charge in [0.1, 0.15) is 11.6 Å². The number of phenolic OH excluding ortho intramolecular Hbond substituents is 1. The molecule has 4 nitrogen and oxygen atoms in total. The highest BCUT2D eigenvalue weighted by Gasteiger charge is 2.27. The van der Waals surface area contributed by atoms with Crippen molar-refractivity contribution in [1.82, 2.24) is 14.5 Å². The monoisotopic (exact) mass is 916 g/mol. The Morgan fingerprint density at radius 3 is 1.81 bits per heavy atom. The molecule has 0 fully saturated rings. The van der Waals surface area contributed by atoms with Crippen molar-refractivity contribution in [2.45, 2.75) is 144 Å². The largest absolute Gasteiger partial charge is 0.507 e. The number of hydrogen-bond acceptors (Lipinski definition) is 3. The van der Waals surface area contributed by atoms with Crippen molar-refractivity contribution >= 4 is 11.0 Å². The van der Waals surface area contributed by atoms with Crippen LogP contribution in [0.1, 0.15) is 178 Å². The zero-order valence-corrected chi connectivity index (χ0v) is 41.6. The maximum Gasteiger partial charge on any atom is 0.149 e. The van der Waals surface area contributed by atoms with Crippen LogP contribution in [0.2, 0.25) is 0 Å². The fraction of sp³-hybridized carbons (Fsp3) is 0.344. The van der Waals surface area contributed by atoms with Crippen molar-refractivity contribution in [3.8, 4) is 67.5 Å². The molecule has 0 unspecified atom stereocenters. The van der Waals surface area contributed by atoms with Gasteiger partial charge >= 0.3 is 0 Å². The van der Waals surface area contributed by atoms with Crippen LogP contribution in [-0.2, 0) is 21.7 Å². The molecule has 0 radical (unpaired) electrons. The highest BCUT2D eigenvalue weighted by molar-refractivity contribution is 5.98. The molecule has 0 bridgehead atoms. The zero-order valence-electron chi connectivity index (χ0n) is 57.6. The smallest absolute Gasteiger partial charge is 0.149 e. The van der Waals surface area contributed by atoms with Crippen molar-refractivity contribution in [3.05, 3.63) is 167 Å². The van der Waals surface area contributed by atoms with E-state index in [4.69, 9.17) is 22.8 Å². The van der Waals surface area contributed by atoms with Gasteiger partial charge in [-0.05, 0) is 138 Å². The van der Waals surface area contributed by atoms with Gasteiger partial charge in [0.15, 0.2) is 0 Å². The van der Waals surface area contributed by atoms with Gasteiger partial charge in [-0.3, -0.25) is 9.55 Å². The summed E-state index contributed by atoms with van der Waals surface area (Å²) in [7, 11) is 0. The molecule has 1 N–H and O–H groups in total. The number of aromatic hydroxyl groups is 1. The van der Waals surface area contributed by atoms with Crippen LogP contribution >= 0.6 is 0 Å². The van der Waals surface area contributed by atoms with E-state index in [2.05, 4.69) is 113 Å². The number of hydrogen-bond donors (Lipinski definition) is 1. The predicted molar refractivity (Wildman–Crippen MR) is 291 cm³/mol. The fourth-order valence-electron chi connectivity index (χ4n) is 8.52. The number of benzene rings is 6. The second-order valence-corrected chi connectivity index (χ2v) is 21.8. The summed E-state index contributed by atoms with van der Waals surface area (Å²) in [4.78, 5) is 10.0. The van der Waals surface area contributed by atoms with E-state index in [0.717, 1.165) is 39.1 Å². The van der Waals surface area contributed by atoms with Gasteiger partial charge in [0.25, 0.3) is 0 Å². The number of imidazole rings is 1. The standard InChI is InChI=1S/C64H73N3O/c1-39(2)44-35-52(40(3)4)59(68)54(36-44)60-66-58-51(18-17-19-57(58)67(60)56-29-28-49(63(11,12)13)38-53(56)42-22-26-48(27-23-42)62(8,9)10)45-32-46(34-50(33-45)64(14,15)16)55-37-43(30-31-65-55)41-20-24-47(25-21-41)61(5,6)7/h17-40,68H,1-16H3/i5D3,6D3,7D3,20D,21D,24D,25D,30D,31D,37D. The second kappa shape index (κ2) is 17.7. The van der Waals surface area contributed by atoms with Crippen LogP contribution in [0.4, 0.5) is 0 Å². The van der Waals surface area contributed by atoms with Crippen LogP contribution in [0, 0.1) is 0 Å². The Morgan fingerprint density at radius 2 is 1.19 bits per heavy atom. The van der Waals surface area contributed by atoms with Gasteiger partial charge in [-0.15, -0.1) is 0 Å². The highest BCUT2D eigenvalue weighted by atomic mass is 16.3. The van der Waals surface area contributed by atoms with Gasteiger partial charge in [0.2, 0.25) is 0 Å². The van der Waals surface area contributed by atoms with Crippen LogP contribution < -0.4 is 0 Å². The lowest BCUT2D eigenvalue weighted by Crippen LogP contribution is -2.12. The van der Waals surface area contributed by atoms with Crippen molar-refractivity contribution in [3.63, 3.8) is 0 Å². The molecule has 0 saturated heterocycles. The molecule has 0 aliphatic heterocycles. The lowest BCUT2D eigenvalue weighted by Gasteiger charge is -2.24. The van der Waals surface area contributed by atoms with Crippen molar-refractivity contribution in [1.29, 1.82) is 0 Å². The van der Waals surface area contributed by atoms with E-state index in [-0.39, 0.29) is 39.7 Å². The van der Waals surface area contributed by atoms with E-state index in [9.17, 15) is 9.22 Å². The molecular formula is C64H73N3O. The first kappa shape index (κ1) is 31.7. The van der Waals surface area contributed by atoms with Crippen molar-refractivity contribution < 1.29 is 27.0 Å². The first-order valence-corrected chi connectivity index (χ1v) is 23.4. The quantitative estimate of drug-likeness (QED) is 0.165. The topological polar surface area (TPSA) is 50.9 Å². The van der Waals surface area contributed by atoms with E-state index in [1.54, 1.807) is 12.1 Å². The Balaban J connectivity index is 1.46. The maximum atomic E-state index is 12.5. The first-order chi connectivity index (χ1) is 38.5. The third-order valence-corrected chi connectivity index (χ3v) is 12.8. The molecule has 2 aromatic heterocycles. The summed E-state index contributed by atoms with van der Waals surface area (Å²) in [6.07, 6.45) is -0.725. The Morgan fingerprint density at radius 1 is 0.544 bits per heavy atom. The summed E-state index contributed by atoms with van der Waals surface area (Å²) in [5, 5.41) is 12.5. The Kier molecular flexibility index (Phi) is 8.25. The molecule has 0 atom stereocenters. The third-order valence-electron chi connectivity index (χ3n) is 12.8. The average molecular weight is 916 g/mol. The number of rotatable bonds is 8. The Hall–Kier alpha value is -6.26. The Bertz CT molecular complexity index is 3840.